The molecule has 2 rings (SSSR count). The van der Waals surface area contributed by atoms with Gasteiger partial charge >= 0.3 is 0 Å². The van der Waals surface area contributed by atoms with Gasteiger partial charge in [-0.05, 0) is 25.5 Å². The Morgan fingerprint density at radius 2 is 2.08 bits per heavy atom. The van der Waals surface area contributed by atoms with E-state index in [0.717, 1.165) is 35.1 Å². The summed E-state index contributed by atoms with van der Waals surface area (Å²) in [6, 6.07) is 3.03. The highest BCUT2D eigenvalue weighted by Crippen LogP contribution is 2.32. The molecule has 9 heteroatoms. The fourth-order valence-corrected chi connectivity index (χ4v) is 4.96. The molecule has 0 saturated carbocycles. The van der Waals surface area contributed by atoms with E-state index in [4.69, 9.17) is 0 Å². The van der Waals surface area contributed by atoms with Crippen LogP contribution in [0.5, 0.6) is 0 Å². The van der Waals surface area contributed by atoms with Gasteiger partial charge in [-0.15, -0.1) is 10.2 Å². The summed E-state index contributed by atoms with van der Waals surface area (Å²) >= 11 is 4.36. The zero-order chi connectivity index (χ0) is 17.5. The maximum atomic E-state index is 13.6. The lowest BCUT2D eigenvalue weighted by Gasteiger charge is -2.10. The van der Waals surface area contributed by atoms with Crippen molar-refractivity contribution in [2.45, 2.75) is 40.6 Å². The Kier molecular flexibility index (Phi) is 7.44. The number of hydrogen-bond donors (Lipinski definition) is 1. The summed E-state index contributed by atoms with van der Waals surface area (Å²) in [6.45, 7) is 3.83. The molecule has 24 heavy (non-hydrogen) atoms. The van der Waals surface area contributed by atoms with E-state index in [0.29, 0.717) is 4.34 Å². The number of nitrogens with zero attached hydrogens (tertiary/aromatic N) is 2. The number of carbonyl (C=O) groups is 1. The molecule has 2 aromatic rings. The Bertz CT molecular complexity index is 696. The zero-order valence-electron chi connectivity index (χ0n) is 13.2. The largest absolute Gasteiger partial charge is 0.323 e. The second kappa shape index (κ2) is 9.33. The number of amides is 1. The maximum Gasteiger partial charge on any atom is 0.237 e. The SMILES string of the molecule is CCCCSc1nnc(S[C@H](C)C(=O)Nc2ccc(F)cc2F)s1. The van der Waals surface area contributed by atoms with Gasteiger partial charge in [-0.2, -0.15) is 0 Å². The number of unbranched alkanes of at least 4 members (excludes halogenated alkanes) is 1. The van der Waals surface area contributed by atoms with Crippen molar-refractivity contribution in [2.75, 3.05) is 11.1 Å². The average molecular weight is 390 g/mol. The molecule has 4 nitrogen and oxygen atoms in total. The third-order valence-corrected chi connectivity index (χ3v) is 6.27. The first kappa shape index (κ1) is 19.1. The lowest BCUT2D eigenvalue weighted by Crippen LogP contribution is -2.22. The number of nitrogens with one attached hydrogen (secondary N) is 1. The van der Waals surface area contributed by atoms with Crippen LogP contribution in [0.2, 0.25) is 0 Å². The monoisotopic (exact) mass is 389 g/mol. The van der Waals surface area contributed by atoms with Crippen LogP contribution in [-0.2, 0) is 4.79 Å². The molecule has 0 spiro atoms. The first-order valence-electron chi connectivity index (χ1n) is 7.38. The smallest absolute Gasteiger partial charge is 0.237 e. The summed E-state index contributed by atoms with van der Waals surface area (Å²) in [5, 5.41) is 10.1. The summed E-state index contributed by atoms with van der Waals surface area (Å²) in [6.07, 6.45) is 2.25. The van der Waals surface area contributed by atoms with Crippen LogP contribution < -0.4 is 5.32 Å². The highest BCUT2D eigenvalue weighted by Gasteiger charge is 2.18. The van der Waals surface area contributed by atoms with E-state index in [9.17, 15) is 13.6 Å². The second-order valence-corrected chi connectivity index (χ2v) is 8.82. The summed E-state index contributed by atoms with van der Waals surface area (Å²) in [5.41, 5.74) is -0.0399. The fourth-order valence-electron chi connectivity index (χ4n) is 1.64. The topological polar surface area (TPSA) is 54.9 Å². The number of hydrogen-bond acceptors (Lipinski definition) is 6. The molecule has 1 N–H and O–H groups in total. The van der Waals surface area contributed by atoms with E-state index < -0.39 is 16.9 Å². The van der Waals surface area contributed by atoms with Gasteiger partial charge < -0.3 is 5.32 Å². The normalized spacial score (nSPS) is 12.2. The fraction of sp³-hybridized carbons (Fsp3) is 0.400. The van der Waals surface area contributed by atoms with Crippen LogP contribution >= 0.6 is 34.9 Å². The van der Waals surface area contributed by atoms with Gasteiger partial charge in [0.15, 0.2) is 8.68 Å². The minimum Gasteiger partial charge on any atom is -0.323 e. The van der Waals surface area contributed by atoms with Gasteiger partial charge in [0, 0.05) is 11.8 Å². The Morgan fingerprint density at radius 3 is 2.79 bits per heavy atom. The first-order chi connectivity index (χ1) is 11.5. The van der Waals surface area contributed by atoms with E-state index >= 15 is 0 Å². The summed E-state index contributed by atoms with van der Waals surface area (Å²) < 4.78 is 28.0. The standard InChI is InChI=1S/C15H17F2N3OS3/c1-3-4-7-22-14-19-20-15(24-14)23-9(2)13(21)18-12-6-5-10(16)8-11(12)17/h5-6,8-9H,3-4,7H2,1-2H3,(H,18,21)/t9-/m1/s1. The van der Waals surface area contributed by atoms with Crippen LogP contribution in [0.3, 0.4) is 0 Å². The zero-order valence-corrected chi connectivity index (χ0v) is 15.7. The molecule has 1 aromatic heterocycles. The van der Waals surface area contributed by atoms with Gasteiger partial charge in [0.25, 0.3) is 0 Å². The third-order valence-electron chi connectivity index (χ3n) is 2.95. The Morgan fingerprint density at radius 1 is 1.33 bits per heavy atom. The number of anilines is 1. The molecule has 0 aliphatic heterocycles. The quantitative estimate of drug-likeness (QED) is 0.518. The number of carbonyl (C=O) groups excluding carboxylic acids is 1. The molecular weight excluding hydrogens is 372 g/mol. The van der Waals surface area contributed by atoms with Gasteiger partial charge in [0.2, 0.25) is 5.91 Å². The summed E-state index contributed by atoms with van der Waals surface area (Å²) in [4.78, 5) is 12.1. The molecule has 1 atom stereocenters. The minimum atomic E-state index is -0.800. The van der Waals surface area contributed by atoms with Gasteiger partial charge in [0.05, 0.1) is 10.9 Å². The molecule has 0 aliphatic carbocycles. The van der Waals surface area contributed by atoms with Crippen molar-refractivity contribution in [3.05, 3.63) is 29.8 Å². The van der Waals surface area contributed by atoms with Crippen molar-refractivity contribution in [1.82, 2.24) is 10.2 Å². The van der Waals surface area contributed by atoms with Crippen molar-refractivity contribution in [3.63, 3.8) is 0 Å². The van der Waals surface area contributed by atoms with Crippen LogP contribution in [0.4, 0.5) is 14.5 Å². The van der Waals surface area contributed by atoms with Crippen molar-refractivity contribution in [2.24, 2.45) is 0 Å². The molecule has 0 fully saturated rings. The third kappa shape index (κ3) is 5.71. The molecule has 130 valence electrons. The van der Waals surface area contributed by atoms with E-state index in [1.165, 1.54) is 29.2 Å². The number of benzene rings is 1. The Hall–Kier alpha value is -1.19. The summed E-state index contributed by atoms with van der Waals surface area (Å²) in [7, 11) is 0. The van der Waals surface area contributed by atoms with Crippen molar-refractivity contribution >= 4 is 46.5 Å². The minimum absolute atomic E-state index is 0.0399. The first-order valence-corrected chi connectivity index (χ1v) is 10.1. The van der Waals surface area contributed by atoms with E-state index in [-0.39, 0.29) is 11.6 Å². The van der Waals surface area contributed by atoms with Gasteiger partial charge in [-0.1, -0.05) is 48.2 Å². The van der Waals surface area contributed by atoms with Crippen molar-refractivity contribution < 1.29 is 13.6 Å². The molecule has 1 aromatic carbocycles. The molecule has 0 saturated heterocycles. The van der Waals surface area contributed by atoms with Crippen molar-refractivity contribution in [3.8, 4) is 0 Å². The molecular formula is C15H17F2N3OS3. The van der Waals surface area contributed by atoms with Crippen LogP contribution in [-0.4, -0.2) is 27.1 Å². The molecule has 0 bridgehead atoms. The van der Waals surface area contributed by atoms with E-state index in [1.807, 2.05) is 0 Å². The van der Waals surface area contributed by atoms with Crippen molar-refractivity contribution in [1.29, 1.82) is 0 Å². The number of rotatable bonds is 8. The number of thioether (sulfide) groups is 2. The van der Waals surface area contributed by atoms with E-state index in [2.05, 4.69) is 22.4 Å². The lowest BCUT2D eigenvalue weighted by atomic mass is 10.3. The van der Waals surface area contributed by atoms with Gasteiger partial charge in [0.1, 0.15) is 11.6 Å². The molecule has 1 amide bonds. The maximum absolute atomic E-state index is 13.6. The number of halogens is 2. The van der Waals surface area contributed by atoms with Crippen LogP contribution in [0, 0.1) is 11.6 Å². The second-order valence-electron chi connectivity index (χ2n) is 4.91. The van der Waals surface area contributed by atoms with E-state index in [1.54, 1.807) is 18.7 Å². The average Bonchev–Trinajstić information content (AvgIpc) is 2.97. The van der Waals surface area contributed by atoms with Gasteiger partial charge in [-0.3, -0.25) is 4.79 Å². The van der Waals surface area contributed by atoms with Crippen LogP contribution in [0.15, 0.2) is 26.9 Å². The Balaban J connectivity index is 1.89. The molecule has 1 heterocycles. The predicted molar refractivity (Wildman–Crippen MR) is 95.8 cm³/mol. The molecule has 0 radical (unpaired) electrons. The summed E-state index contributed by atoms with van der Waals surface area (Å²) in [5.74, 6) is -0.864. The highest BCUT2D eigenvalue weighted by molar-refractivity contribution is 8.03. The highest BCUT2D eigenvalue weighted by atomic mass is 32.2. The molecule has 0 aliphatic rings. The van der Waals surface area contributed by atoms with Crippen LogP contribution in [0.25, 0.3) is 0 Å². The predicted octanol–water partition coefficient (Wildman–Crippen LogP) is 4.83. The Labute approximate surface area is 151 Å². The van der Waals surface area contributed by atoms with Gasteiger partial charge in [-0.25, -0.2) is 8.78 Å². The molecule has 0 unspecified atom stereocenters. The number of aromatic nitrogens is 2. The van der Waals surface area contributed by atoms with Crippen LogP contribution in [0.1, 0.15) is 26.7 Å². The lowest BCUT2D eigenvalue weighted by molar-refractivity contribution is -0.115.